The summed E-state index contributed by atoms with van der Waals surface area (Å²) in [7, 11) is -4.10. The summed E-state index contributed by atoms with van der Waals surface area (Å²) in [4.78, 5) is 35.2. The Labute approximate surface area is 230 Å². The summed E-state index contributed by atoms with van der Waals surface area (Å²) in [5, 5.41) is 10.6. The summed E-state index contributed by atoms with van der Waals surface area (Å²) in [6.07, 6.45) is -3.00. The van der Waals surface area contributed by atoms with Crippen LogP contribution in [0.3, 0.4) is 0 Å². The van der Waals surface area contributed by atoms with Crippen molar-refractivity contribution in [1.29, 1.82) is 0 Å². The van der Waals surface area contributed by atoms with Crippen LogP contribution >= 0.6 is 7.60 Å². The average molecular weight is 592 g/mol. The number of hydrogen-bond acceptors (Lipinski definition) is 14. The molecule has 17 heteroatoms. The van der Waals surface area contributed by atoms with Crippen molar-refractivity contribution in [3.05, 3.63) is 12.4 Å². The molecule has 0 aromatic carbocycles. The highest BCUT2D eigenvalue weighted by atomic mass is 31.2. The Balaban J connectivity index is 1.60. The van der Waals surface area contributed by atoms with E-state index in [1.165, 1.54) is 10.9 Å². The van der Waals surface area contributed by atoms with E-state index in [-0.39, 0.29) is 30.0 Å². The summed E-state index contributed by atoms with van der Waals surface area (Å²) in [6.45, 7) is 8.25. The molecule has 0 bridgehead atoms. The lowest BCUT2D eigenvalue weighted by atomic mass is 9.98. The highest BCUT2D eigenvalue weighted by molar-refractivity contribution is 7.53. The van der Waals surface area contributed by atoms with Gasteiger partial charge in [-0.05, 0) is 41.5 Å². The number of halogens is 1. The maximum Gasteiger partial charge on any atom is 0.361 e. The van der Waals surface area contributed by atoms with Gasteiger partial charge in [0, 0.05) is 6.42 Å². The van der Waals surface area contributed by atoms with E-state index in [0.29, 0.717) is 0 Å². The first-order valence-electron chi connectivity index (χ1n) is 12.3. The number of imidazole rings is 1. The predicted octanol–water partition coefficient (Wildman–Crippen LogP) is 2.49. The fourth-order valence-corrected chi connectivity index (χ4v) is 4.32. The number of hydrogen-bond donors (Lipinski definition) is 2. The number of ether oxygens (including phenoxy) is 4. The van der Waals surface area contributed by atoms with Crippen molar-refractivity contribution >= 4 is 36.5 Å². The van der Waals surface area contributed by atoms with Gasteiger partial charge in [-0.25, -0.2) is 4.98 Å². The standard InChI is InChI=1S/C23H35FN5O10P/c1-22(2,3)19(31)35-10-37-40(33,38-11-36-20(32)23(4,5)6)12-34-8-13-7-14(30)18(39-13)29-9-26-15-16(25)27-21(24)28-17(15)29/h9,13-14,18,30H,7-8,10-12H2,1-6H3,(H2,25,27,28)/t13-,14-,18+/m0/s1. The van der Waals surface area contributed by atoms with Crippen molar-refractivity contribution in [2.75, 3.05) is 32.3 Å². The molecule has 1 aliphatic heterocycles. The van der Waals surface area contributed by atoms with Gasteiger partial charge in [-0.1, -0.05) is 0 Å². The lowest BCUT2D eigenvalue weighted by Crippen LogP contribution is -2.25. The third-order valence-electron chi connectivity index (χ3n) is 5.52. The van der Waals surface area contributed by atoms with Gasteiger partial charge < -0.3 is 29.8 Å². The molecule has 3 N–H and O–H groups in total. The van der Waals surface area contributed by atoms with Gasteiger partial charge in [0.2, 0.25) is 13.6 Å². The molecule has 15 nitrogen and oxygen atoms in total. The number of aliphatic hydroxyl groups excluding tert-OH is 1. The number of anilines is 1. The molecule has 1 saturated heterocycles. The summed E-state index contributed by atoms with van der Waals surface area (Å²) in [6, 6.07) is 0. The Morgan fingerprint density at radius 3 is 2.25 bits per heavy atom. The third kappa shape index (κ3) is 8.15. The zero-order valence-corrected chi connectivity index (χ0v) is 24.1. The van der Waals surface area contributed by atoms with E-state index in [9.17, 15) is 23.7 Å². The van der Waals surface area contributed by atoms with Crippen LogP contribution in [-0.4, -0.2) is 75.3 Å². The maximum atomic E-state index is 13.7. The molecule has 0 saturated carbocycles. The van der Waals surface area contributed by atoms with Crippen LogP contribution in [0.15, 0.2) is 6.33 Å². The monoisotopic (exact) mass is 591 g/mol. The van der Waals surface area contributed by atoms with Crippen molar-refractivity contribution in [2.45, 2.75) is 66.4 Å². The molecule has 0 unspecified atom stereocenters. The number of fused-ring (bicyclic) bond motifs is 1. The normalized spacial score (nSPS) is 20.1. The van der Waals surface area contributed by atoms with Crippen LogP contribution in [0.4, 0.5) is 10.2 Å². The Kier molecular flexibility index (Phi) is 9.86. The van der Waals surface area contributed by atoms with Gasteiger partial charge in [0.15, 0.2) is 23.2 Å². The summed E-state index contributed by atoms with van der Waals surface area (Å²) < 4.78 is 60.0. The SMILES string of the molecule is CC(C)(C)C(=O)OCOP(=O)(COC[C@@H]1C[C@H](O)[C@H](n2cnc3c(N)nc(F)nc32)O1)OCOC(=O)C(C)(C)C. The number of nitrogens with two attached hydrogens (primary N) is 1. The molecule has 0 aliphatic carbocycles. The van der Waals surface area contributed by atoms with Crippen molar-refractivity contribution in [1.82, 2.24) is 19.5 Å². The second-order valence-electron chi connectivity index (χ2n) is 11.1. The minimum absolute atomic E-state index is 0.0385. The number of aliphatic hydroxyl groups is 1. The van der Waals surface area contributed by atoms with E-state index in [1.807, 2.05) is 0 Å². The number of nitrogen functional groups attached to an aromatic ring is 1. The topological polar surface area (TPSA) is 196 Å². The molecule has 3 heterocycles. The van der Waals surface area contributed by atoms with Crippen LogP contribution in [0.5, 0.6) is 0 Å². The zero-order chi connectivity index (χ0) is 29.9. The number of carbonyl (C=O) groups is 2. The highest BCUT2D eigenvalue weighted by Crippen LogP contribution is 2.48. The van der Waals surface area contributed by atoms with Crippen molar-refractivity contribution in [3.63, 3.8) is 0 Å². The quantitative estimate of drug-likeness (QED) is 0.167. The first-order valence-corrected chi connectivity index (χ1v) is 14.0. The molecule has 3 rings (SSSR count). The predicted molar refractivity (Wildman–Crippen MR) is 136 cm³/mol. The second-order valence-corrected chi connectivity index (χ2v) is 13.1. The molecular formula is C23H35FN5O10P. The summed E-state index contributed by atoms with van der Waals surface area (Å²) in [5.74, 6) is -1.36. The molecule has 224 valence electrons. The van der Waals surface area contributed by atoms with Crippen LogP contribution in [-0.2, 0) is 42.1 Å². The van der Waals surface area contributed by atoms with E-state index in [4.69, 9.17) is 33.7 Å². The largest absolute Gasteiger partial charge is 0.438 e. The highest BCUT2D eigenvalue weighted by Gasteiger charge is 2.38. The second kappa shape index (κ2) is 12.4. The van der Waals surface area contributed by atoms with Gasteiger partial charge in [-0.2, -0.15) is 14.4 Å². The smallest absolute Gasteiger partial charge is 0.361 e. The Morgan fingerprint density at radius 2 is 1.70 bits per heavy atom. The van der Waals surface area contributed by atoms with Gasteiger partial charge in [0.1, 0.15) is 12.5 Å². The Hall–Kier alpha value is -2.75. The third-order valence-corrected chi connectivity index (χ3v) is 7.01. The Morgan fingerprint density at radius 1 is 1.12 bits per heavy atom. The fourth-order valence-electron chi connectivity index (χ4n) is 3.35. The first kappa shape index (κ1) is 31.8. The van der Waals surface area contributed by atoms with Gasteiger partial charge in [0.25, 0.3) is 0 Å². The van der Waals surface area contributed by atoms with Crippen LogP contribution < -0.4 is 5.73 Å². The Bertz CT molecular complexity index is 1230. The maximum absolute atomic E-state index is 13.7. The van der Waals surface area contributed by atoms with Gasteiger partial charge in [-0.3, -0.25) is 27.8 Å². The van der Waals surface area contributed by atoms with Crippen LogP contribution in [0.1, 0.15) is 54.2 Å². The van der Waals surface area contributed by atoms with E-state index < -0.39 is 74.8 Å². The first-order chi connectivity index (χ1) is 18.5. The number of rotatable bonds is 11. The lowest BCUT2D eigenvalue weighted by Gasteiger charge is -2.22. The van der Waals surface area contributed by atoms with Crippen LogP contribution in [0, 0.1) is 16.9 Å². The molecule has 0 spiro atoms. The molecule has 0 amide bonds. The van der Waals surface area contributed by atoms with Crippen molar-refractivity contribution < 1.29 is 51.6 Å². The number of nitrogens with zero attached hydrogens (tertiary/aromatic N) is 4. The minimum Gasteiger partial charge on any atom is -0.438 e. The lowest BCUT2D eigenvalue weighted by molar-refractivity contribution is -0.162. The van der Waals surface area contributed by atoms with Gasteiger partial charge >= 0.3 is 25.6 Å². The molecule has 40 heavy (non-hydrogen) atoms. The number of carbonyl (C=O) groups excluding carboxylic acids is 2. The molecular weight excluding hydrogens is 556 g/mol. The fraction of sp³-hybridized carbons (Fsp3) is 0.696. The molecule has 2 aromatic rings. The van der Waals surface area contributed by atoms with Gasteiger partial charge in [0.05, 0.1) is 29.9 Å². The van der Waals surface area contributed by atoms with Crippen molar-refractivity contribution in [2.24, 2.45) is 10.8 Å². The number of esters is 2. The van der Waals surface area contributed by atoms with E-state index in [1.54, 1.807) is 41.5 Å². The van der Waals surface area contributed by atoms with Crippen molar-refractivity contribution in [3.8, 4) is 0 Å². The molecule has 1 aliphatic rings. The summed E-state index contributed by atoms with van der Waals surface area (Å²) >= 11 is 0. The zero-order valence-electron chi connectivity index (χ0n) is 23.2. The van der Waals surface area contributed by atoms with E-state index in [2.05, 4.69) is 15.0 Å². The number of aromatic nitrogens is 4. The van der Waals surface area contributed by atoms with Crippen LogP contribution in [0.25, 0.3) is 11.2 Å². The minimum atomic E-state index is -4.10. The molecule has 3 atom stereocenters. The van der Waals surface area contributed by atoms with E-state index >= 15 is 0 Å². The average Bonchev–Trinajstić information content (AvgIpc) is 3.40. The van der Waals surface area contributed by atoms with Gasteiger partial charge in [-0.15, -0.1) is 0 Å². The van der Waals surface area contributed by atoms with E-state index in [0.717, 1.165) is 0 Å². The molecule has 2 aromatic heterocycles. The molecule has 0 radical (unpaired) electrons. The molecule has 1 fully saturated rings. The van der Waals surface area contributed by atoms with Crippen LogP contribution in [0.2, 0.25) is 0 Å². The summed E-state index contributed by atoms with van der Waals surface area (Å²) in [5.41, 5.74) is 4.22.